The van der Waals surface area contributed by atoms with Gasteiger partial charge in [-0.1, -0.05) is 6.92 Å². The Morgan fingerprint density at radius 2 is 2.25 bits per heavy atom. The van der Waals surface area contributed by atoms with Crippen molar-refractivity contribution in [2.45, 2.75) is 32.4 Å². The van der Waals surface area contributed by atoms with E-state index < -0.39 is 0 Å². The molecule has 2 rings (SSSR count). The number of aromatic nitrogens is 2. The highest BCUT2D eigenvalue weighted by molar-refractivity contribution is 4.79. The second-order valence-electron chi connectivity index (χ2n) is 5.01. The zero-order valence-electron chi connectivity index (χ0n) is 10.0. The summed E-state index contributed by atoms with van der Waals surface area (Å²) in [4.78, 5) is 6.54. The zero-order chi connectivity index (χ0) is 11.4. The topological polar surface area (TPSA) is 47.1 Å². The van der Waals surface area contributed by atoms with Gasteiger partial charge in [-0.3, -0.25) is 0 Å². The molecule has 0 spiro atoms. The van der Waals surface area contributed by atoms with Gasteiger partial charge in [-0.15, -0.1) is 0 Å². The Bertz CT molecular complexity index is 286. The minimum absolute atomic E-state index is 0.372. The molecular formula is C12H22N4. The maximum atomic E-state index is 6.02. The van der Waals surface area contributed by atoms with Crippen LogP contribution < -0.4 is 5.73 Å². The first kappa shape index (κ1) is 11.6. The third-order valence-electron chi connectivity index (χ3n) is 3.22. The van der Waals surface area contributed by atoms with Crippen LogP contribution in [0, 0.1) is 5.92 Å². The number of hydrogen-bond acceptors (Lipinski definition) is 3. The molecule has 2 heterocycles. The number of imidazole rings is 1. The van der Waals surface area contributed by atoms with E-state index in [0.717, 1.165) is 25.6 Å². The van der Waals surface area contributed by atoms with Crippen LogP contribution in [0.4, 0.5) is 0 Å². The molecule has 0 aromatic carbocycles. The predicted octanol–water partition coefficient (Wildman–Crippen LogP) is 0.942. The van der Waals surface area contributed by atoms with Gasteiger partial charge in [0.1, 0.15) is 0 Å². The van der Waals surface area contributed by atoms with Gasteiger partial charge >= 0.3 is 0 Å². The summed E-state index contributed by atoms with van der Waals surface area (Å²) in [6, 6.07) is 0.372. The summed E-state index contributed by atoms with van der Waals surface area (Å²) in [6.45, 7) is 6.77. The Balaban J connectivity index is 1.69. The Hall–Kier alpha value is -0.870. The molecular weight excluding hydrogens is 200 g/mol. The number of nitrogens with zero attached hydrogens (tertiary/aromatic N) is 3. The SMILES string of the molecule is CC1CC(N)CN(CCCn2ccnc2)C1. The largest absolute Gasteiger partial charge is 0.337 e. The van der Waals surface area contributed by atoms with E-state index in [2.05, 4.69) is 21.4 Å². The second-order valence-corrected chi connectivity index (χ2v) is 5.01. The number of aryl methyl sites for hydroxylation is 1. The summed E-state index contributed by atoms with van der Waals surface area (Å²) >= 11 is 0. The van der Waals surface area contributed by atoms with Crippen molar-refractivity contribution in [2.24, 2.45) is 11.7 Å². The number of likely N-dealkylation sites (tertiary alicyclic amines) is 1. The van der Waals surface area contributed by atoms with Gasteiger partial charge < -0.3 is 15.2 Å². The lowest BCUT2D eigenvalue weighted by atomic mass is 9.96. The molecule has 0 saturated carbocycles. The van der Waals surface area contributed by atoms with Crippen LogP contribution in [0.15, 0.2) is 18.7 Å². The van der Waals surface area contributed by atoms with E-state index in [4.69, 9.17) is 5.73 Å². The fraction of sp³-hybridized carbons (Fsp3) is 0.750. The maximum Gasteiger partial charge on any atom is 0.0945 e. The molecule has 4 nitrogen and oxygen atoms in total. The molecule has 1 aliphatic rings. The zero-order valence-corrected chi connectivity index (χ0v) is 10.0. The van der Waals surface area contributed by atoms with E-state index in [0.29, 0.717) is 6.04 Å². The summed E-state index contributed by atoms with van der Waals surface area (Å²) in [5, 5.41) is 0. The van der Waals surface area contributed by atoms with Crippen LogP contribution in [-0.2, 0) is 6.54 Å². The fourth-order valence-electron chi connectivity index (χ4n) is 2.59. The first-order chi connectivity index (χ1) is 7.74. The van der Waals surface area contributed by atoms with Crippen LogP contribution in [0.2, 0.25) is 0 Å². The van der Waals surface area contributed by atoms with Crippen LogP contribution in [-0.4, -0.2) is 40.1 Å². The molecule has 1 saturated heterocycles. The van der Waals surface area contributed by atoms with Crippen molar-refractivity contribution in [3.8, 4) is 0 Å². The third-order valence-corrected chi connectivity index (χ3v) is 3.22. The molecule has 0 radical (unpaired) electrons. The summed E-state index contributed by atoms with van der Waals surface area (Å²) in [5.41, 5.74) is 6.02. The quantitative estimate of drug-likeness (QED) is 0.825. The Kier molecular flexibility index (Phi) is 3.96. The van der Waals surface area contributed by atoms with Crippen LogP contribution in [0.3, 0.4) is 0 Å². The van der Waals surface area contributed by atoms with Crippen LogP contribution in [0.5, 0.6) is 0 Å². The highest BCUT2D eigenvalue weighted by Crippen LogP contribution is 2.15. The highest BCUT2D eigenvalue weighted by atomic mass is 15.1. The molecule has 0 amide bonds. The maximum absolute atomic E-state index is 6.02. The molecule has 2 atom stereocenters. The first-order valence-electron chi connectivity index (χ1n) is 6.17. The van der Waals surface area contributed by atoms with Gasteiger partial charge in [0.2, 0.25) is 0 Å². The molecule has 1 fully saturated rings. The molecule has 2 N–H and O–H groups in total. The van der Waals surface area contributed by atoms with Gasteiger partial charge in [-0.2, -0.15) is 0 Å². The first-order valence-corrected chi connectivity index (χ1v) is 6.17. The molecule has 4 heteroatoms. The summed E-state index contributed by atoms with van der Waals surface area (Å²) in [6.07, 6.45) is 8.09. The minimum Gasteiger partial charge on any atom is -0.337 e. The normalized spacial score (nSPS) is 27.1. The molecule has 16 heavy (non-hydrogen) atoms. The van der Waals surface area contributed by atoms with E-state index in [-0.39, 0.29) is 0 Å². The smallest absolute Gasteiger partial charge is 0.0945 e. The molecule has 2 unspecified atom stereocenters. The second kappa shape index (κ2) is 5.46. The van der Waals surface area contributed by atoms with Crippen molar-refractivity contribution in [1.82, 2.24) is 14.5 Å². The molecule has 1 aromatic heterocycles. The van der Waals surface area contributed by atoms with E-state index in [1.165, 1.54) is 19.4 Å². The number of rotatable bonds is 4. The molecule has 1 aliphatic heterocycles. The average Bonchev–Trinajstić information content (AvgIpc) is 2.69. The Morgan fingerprint density at radius 3 is 2.94 bits per heavy atom. The summed E-state index contributed by atoms with van der Waals surface area (Å²) in [7, 11) is 0. The average molecular weight is 222 g/mol. The van der Waals surface area contributed by atoms with Gasteiger partial charge in [-0.05, 0) is 25.3 Å². The highest BCUT2D eigenvalue weighted by Gasteiger charge is 2.21. The lowest BCUT2D eigenvalue weighted by molar-refractivity contribution is 0.162. The summed E-state index contributed by atoms with van der Waals surface area (Å²) in [5.74, 6) is 0.747. The van der Waals surface area contributed by atoms with Crippen molar-refractivity contribution < 1.29 is 0 Å². The van der Waals surface area contributed by atoms with Gasteiger partial charge in [0.05, 0.1) is 6.33 Å². The van der Waals surface area contributed by atoms with Gasteiger partial charge in [0.25, 0.3) is 0 Å². The van der Waals surface area contributed by atoms with Crippen molar-refractivity contribution in [3.05, 3.63) is 18.7 Å². The molecule has 0 bridgehead atoms. The van der Waals surface area contributed by atoms with Crippen LogP contribution in [0.25, 0.3) is 0 Å². The van der Waals surface area contributed by atoms with Crippen LogP contribution in [0.1, 0.15) is 19.8 Å². The van der Waals surface area contributed by atoms with Gasteiger partial charge in [0.15, 0.2) is 0 Å². The Labute approximate surface area is 97.4 Å². The summed E-state index contributed by atoms with van der Waals surface area (Å²) < 4.78 is 2.13. The molecule has 1 aromatic rings. The van der Waals surface area contributed by atoms with Crippen LogP contribution >= 0.6 is 0 Å². The number of nitrogens with two attached hydrogens (primary N) is 1. The van der Waals surface area contributed by atoms with Crippen molar-refractivity contribution in [3.63, 3.8) is 0 Å². The predicted molar refractivity (Wildman–Crippen MR) is 65.0 cm³/mol. The standard InChI is InChI=1S/C12H22N4/c1-11-7-12(13)9-16(8-11)5-2-4-15-6-3-14-10-15/h3,6,10-12H,2,4-5,7-9,13H2,1H3. The molecule has 90 valence electrons. The minimum atomic E-state index is 0.372. The van der Waals surface area contributed by atoms with E-state index in [1.54, 1.807) is 0 Å². The van der Waals surface area contributed by atoms with E-state index >= 15 is 0 Å². The van der Waals surface area contributed by atoms with Crippen molar-refractivity contribution in [1.29, 1.82) is 0 Å². The van der Waals surface area contributed by atoms with Crippen molar-refractivity contribution >= 4 is 0 Å². The van der Waals surface area contributed by atoms with Crippen molar-refractivity contribution in [2.75, 3.05) is 19.6 Å². The van der Waals surface area contributed by atoms with E-state index in [1.807, 2.05) is 18.7 Å². The van der Waals surface area contributed by atoms with Gasteiger partial charge in [0, 0.05) is 38.1 Å². The Morgan fingerprint density at radius 1 is 1.38 bits per heavy atom. The lowest BCUT2D eigenvalue weighted by Crippen LogP contribution is -2.46. The van der Waals surface area contributed by atoms with E-state index in [9.17, 15) is 0 Å². The van der Waals surface area contributed by atoms with Gasteiger partial charge in [-0.25, -0.2) is 4.98 Å². The monoisotopic (exact) mass is 222 g/mol. The number of hydrogen-bond donors (Lipinski definition) is 1. The number of piperidine rings is 1. The fourth-order valence-corrected chi connectivity index (χ4v) is 2.59. The third kappa shape index (κ3) is 3.32. The lowest BCUT2D eigenvalue weighted by Gasteiger charge is -2.34. The molecule has 0 aliphatic carbocycles.